The van der Waals surface area contributed by atoms with Crippen LogP contribution in [0.25, 0.3) is 0 Å². The molecule has 0 atom stereocenters. The molecule has 0 radical (unpaired) electrons. The minimum atomic E-state index is -0.264. The van der Waals surface area contributed by atoms with Crippen molar-refractivity contribution in [2.24, 2.45) is 0 Å². The number of thioether (sulfide) groups is 1. The molecule has 3 nitrogen and oxygen atoms in total. The second-order valence-corrected chi connectivity index (χ2v) is 7.50. The molecule has 0 aliphatic rings. The van der Waals surface area contributed by atoms with Crippen LogP contribution in [0.5, 0.6) is 0 Å². The largest absolute Gasteiger partial charge is 0.461 e. The van der Waals surface area contributed by atoms with E-state index in [0.717, 1.165) is 10.8 Å². The molecule has 0 unspecified atom stereocenters. The van der Waals surface area contributed by atoms with Crippen LogP contribution in [-0.2, 0) is 4.74 Å². The summed E-state index contributed by atoms with van der Waals surface area (Å²) < 4.78 is 5.36. The maximum absolute atomic E-state index is 11.5. The fourth-order valence-electron chi connectivity index (χ4n) is 1.01. The van der Waals surface area contributed by atoms with Crippen molar-refractivity contribution in [1.29, 1.82) is 0 Å². The third kappa shape index (κ3) is 4.99. The zero-order valence-corrected chi connectivity index (χ0v) is 11.7. The van der Waals surface area contributed by atoms with E-state index in [-0.39, 0.29) is 10.7 Å². The van der Waals surface area contributed by atoms with E-state index in [1.165, 1.54) is 11.3 Å². The van der Waals surface area contributed by atoms with Crippen LogP contribution in [0.1, 0.15) is 35.5 Å². The molecule has 0 aromatic carbocycles. The Bertz CT molecular complexity index is 355. The van der Waals surface area contributed by atoms with E-state index in [4.69, 9.17) is 4.74 Å². The first kappa shape index (κ1) is 13.5. The quantitative estimate of drug-likeness (QED) is 0.615. The van der Waals surface area contributed by atoms with Gasteiger partial charge in [0.05, 0.1) is 11.2 Å². The van der Waals surface area contributed by atoms with Gasteiger partial charge in [0.25, 0.3) is 0 Å². The Morgan fingerprint density at radius 1 is 1.56 bits per heavy atom. The zero-order valence-electron chi connectivity index (χ0n) is 10.1. The van der Waals surface area contributed by atoms with Crippen molar-refractivity contribution < 1.29 is 9.53 Å². The number of thiazole rings is 1. The van der Waals surface area contributed by atoms with Crippen molar-refractivity contribution in [2.45, 2.75) is 32.4 Å². The summed E-state index contributed by atoms with van der Waals surface area (Å²) in [6.07, 6.45) is 1.57. The number of nitrogens with zero attached hydrogens (tertiary/aromatic N) is 1. The number of ether oxygens (including phenoxy) is 1. The highest BCUT2D eigenvalue weighted by molar-refractivity contribution is 8.00. The maximum Gasteiger partial charge on any atom is 0.349 e. The van der Waals surface area contributed by atoms with E-state index in [0.29, 0.717) is 11.5 Å². The lowest BCUT2D eigenvalue weighted by atomic mass is 10.3. The van der Waals surface area contributed by atoms with E-state index < -0.39 is 0 Å². The van der Waals surface area contributed by atoms with Gasteiger partial charge in [-0.1, -0.05) is 20.8 Å². The van der Waals surface area contributed by atoms with Crippen molar-refractivity contribution in [1.82, 2.24) is 4.98 Å². The van der Waals surface area contributed by atoms with E-state index >= 15 is 0 Å². The number of aryl methyl sites for hydroxylation is 1. The monoisotopic (exact) mass is 259 g/mol. The van der Waals surface area contributed by atoms with Gasteiger partial charge in [-0.3, -0.25) is 0 Å². The fraction of sp³-hybridized carbons (Fsp3) is 0.636. The summed E-state index contributed by atoms with van der Waals surface area (Å²) in [6, 6.07) is 0. The Labute approximate surface area is 105 Å². The zero-order chi connectivity index (χ0) is 12.2. The van der Waals surface area contributed by atoms with Crippen LogP contribution in [0.3, 0.4) is 0 Å². The molecule has 5 heteroatoms. The third-order valence-corrected chi connectivity index (χ3v) is 3.80. The topological polar surface area (TPSA) is 39.2 Å². The van der Waals surface area contributed by atoms with Gasteiger partial charge >= 0.3 is 5.97 Å². The number of carbonyl (C=O) groups excluding carboxylic acids is 1. The Morgan fingerprint density at radius 2 is 2.25 bits per heavy atom. The molecule has 0 saturated carbocycles. The molecule has 0 aliphatic carbocycles. The van der Waals surface area contributed by atoms with Crippen LogP contribution in [0.4, 0.5) is 0 Å². The Hall–Kier alpha value is -0.550. The van der Waals surface area contributed by atoms with Gasteiger partial charge in [-0.2, -0.15) is 11.8 Å². The fourth-order valence-corrected chi connectivity index (χ4v) is 2.46. The Balaban J connectivity index is 2.26. The summed E-state index contributed by atoms with van der Waals surface area (Å²) in [5.74, 6) is 0.563. The van der Waals surface area contributed by atoms with Crippen LogP contribution < -0.4 is 0 Å². The molecule has 0 aliphatic heterocycles. The van der Waals surface area contributed by atoms with Gasteiger partial charge in [0.1, 0.15) is 11.5 Å². The second kappa shape index (κ2) is 5.68. The first-order chi connectivity index (χ1) is 7.38. The molecule has 1 heterocycles. The molecule has 1 rings (SSSR count). The second-order valence-electron chi connectivity index (χ2n) is 4.34. The molecule has 0 saturated heterocycles. The molecule has 1 aromatic heterocycles. The molecule has 0 bridgehead atoms. The Kier molecular flexibility index (Phi) is 4.80. The summed E-state index contributed by atoms with van der Waals surface area (Å²) in [4.78, 5) is 16.1. The highest BCUT2D eigenvalue weighted by atomic mass is 32.2. The lowest BCUT2D eigenvalue weighted by molar-refractivity contribution is 0.0535. The van der Waals surface area contributed by atoms with Gasteiger partial charge in [0.15, 0.2) is 0 Å². The summed E-state index contributed by atoms with van der Waals surface area (Å²) in [6.45, 7) is 8.76. The number of aromatic nitrogens is 1. The minimum absolute atomic E-state index is 0.216. The van der Waals surface area contributed by atoms with Crippen LogP contribution in [0.2, 0.25) is 0 Å². The van der Waals surface area contributed by atoms with E-state index in [9.17, 15) is 4.79 Å². The van der Waals surface area contributed by atoms with Crippen molar-refractivity contribution in [3.8, 4) is 0 Å². The number of hydrogen-bond donors (Lipinski definition) is 0. The van der Waals surface area contributed by atoms with Gasteiger partial charge in [0, 0.05) is 10.5 Å². The van der Waals surface area contributed by atoms with Crippen LogP contribution in [0, 0.1) is 6.92 Å². The minimum Gasteiger partial charge on any atom is -0.461 e. The SMILES string of the molecule is Cc1ncc(C(=O)OCCSC(C)(C)C)s1. The smallest absolute Gasteiger partial charge is 0.349 e. The molecule has 0 N–H and O–H groups in total. The summed E-state index contributed by atoms with van der Waals surface area (Å²) in [5, 5.41) is 0.885. The standard InChI is InChI=1S/C11H17NO2S2/c1-8-12-7-9(16-8)10(13)14-5-6-15-11(2,3)4/h7H,5-6H2,1-4H3. The average Bonchev–Trinajstić information content (AvgIpc) is 2.57. The molecule has 90 valence electrons. The van der Waals surface area contributed by atoms with Gasteiger partial charge in [0.2, 0.25) is 0 Å². The van der Waals surface area contributed by atoms with Crippen molar-refractivity contribution in [3.63, 3.8) is 0 Å². The molecular weight excluding hydrogens is 242 g/mol. The molecule has 0 spiro atoms. The molecular formula is C11H17NO2S2. The highest BCUT2D eigenvalue weighted by Gasteiger charge is 2.12. The summed E-state index contributed by atoms with van der Waals surface area (Å²) in [5.41, 5.74) is 0. The highest BCUT2D eigenvalue weighted by Crippen LogP contribution is 2.22. The lowest BCUT2D eigenvalue weighted by Gasteiger charge is -2.16. The number of hydrogen-bond acceptors (Lipinski definition) is 5. The number of carbonyl (C=O) groups is 1. The predicted octanol–water partition coefficient (Wildman–Crippen LogP) is 3.14. The van der Waals surface area contributed by atoms with Crippen molar-refractivity contribution in [2.75, 3.05) is 12.4 Å². The van der Waals surface area contributed by atoms with Crippen molar-refractivity contribution >= 4 is 29.1 Å². The normalized spacial score (nSPS) is 11.5. The molecule has 0 amide bonds. The van der Waals surface area contributed by atoms with Crippen LogP contribution >= 0.6 is 23.1 Å². The first-order valence-corrected chi connectivity index (χ1v) is 6.92. The summed E-state index contributed by atoms with van der Waals surface area (Å²) in [7, 11) is 0. The lowest BCUT2D eigenvalue weighted by Crippen LogP contribution is -2.12. The van der Waals surface area contributed by atoms with E-state index in [1.807, 2.05) is 6.92 Å². The van der Waals surface area contributed by atoms with Crippen LogP contribution in [-0.4, -0.2) is 28.1 Å². The molecule has 1 aromatic rings. The maximum atomic E-state index is 11.5. The predicted molar refractivity (Wildman–Crippen MR) is 69.3 cm³/mol. The van der Waals surface area contributed by atoms with Crippen LogP contribution in [0.15, 0.2) is 6.20 Å². The van der Waals surface area contributed by atoms with Gasteiger partial charge in [-0.05, 0) is 6.92 Å². The summed E-state index contributed by atoms with van der Waals surface area (Å²) >= 11 is 3.15. The van der Waals surface area contributed by atoms with Gasteiger partial charge in [-0.15, -0.1) is 11.3 Å². The Morgan fingerprint density at radius 3 is 2.75 bits per heavy atom. The third-order valence-electron chi connectivity index (χ3n) is 1.67. The molecule has 16 heavy (non-hydrogen) atoms. The van der Waals surface area contributed by atoms with E-state index in [2.05, 4.69) is 25.8 Å². The first-order valence-electron chi connectivity index (χ1n) is 5.12. The number of rotatable bonds is 4. The van der Waals surface area contributed by atoms with Gasteiger partial charge < -0.3 is 4.74 Å². The number of esters is 1. The molecule has 0 fully saturated rings. The van der Waals surface area contributed by atoms with Gasteiger partial charge in [-0.25, -0.2) is 9.78 Å². The average molecular weight is 259 g/mol. The van der Waals surface area contributed by atoms with E-state index in [1.54, 1.807) is 18.0 Å². The van der Waals surface area contributed by atoms with Crippen molar-refractivity contribution in [3.05, 3.63) is 16.1 Å².